The van der Waals surface area contributed by atoms with Crippen LogP contribution >= 0.6 is 11.6 Å². The van der Waals surface area contributed by atoms with Gasteiger partial charge in [-0.15, -0.1) is 11.6 Å². The third kappa shape index (κ3) is 1.96. The molecule has 22 heavy (non-hydrogen) atoms. The van der Waals surface area contributed by atoms with E-state index in [1.165, 1.54) is 17.5 Å². The molecule has 3 aliphatic rings. The first kappa shape index (κ1) is 14.8. The normalized spacial score (nSPS) is 43.3. The Hall–Kier alpha value is -0.730. The molecule has 0 spiro atoms. The lowest BCUT2D eigenvalue weighted by atomic mass is 9.52. The number of aliphatic hydroxyl groups is 1. The summed E-state index contributed by atoms with van der Waals surface area (Å²) in [5, 5.41) is 20.3. The standard InChI is InChI=1S/C19H25ClO2/c1-19-9-12(10-20)18-14-5-3-13(21)8-11(14)2-4-15(18)16(19)6-7-17(19)22/h3,5,8,12,15-18,21-22H,2,4,6-7,9-10H2,1H3/t12-,15+,16+,17+,18-,19+/m1/s1. The number of hydrogen-bond donors (Lipinski definition) is 2. The van der Waals surface area contributed by atoms with E-state index in [9.17, 15) is 10.2 Å². The van der Waals surface area contributed by atoms with Gasteiger partial charge in [0.2, 0.25) is 0 Å². The second-order valence-electron chi connectivity index (χ2n) is 7.94. The Labute approximate surface area is 137 Å². The molecule has 0 heterocycles. The number of phenols is 1. The molecule has 0 aliphatic heterocycles. The van der Waals surface area contributed by atoms with E-state index in [-0.39, 0.29) is 11.5 Å². The first-order valence-electron chi connectivity index (χ1n) is 8.60. The third-order valence-electron chi connectivity index (χ3n) is 6.98. The van der Waals surface area contributed by atoms with E-state index in [0.29, 0.717) is 35.3 Å². The Balaban J connectivity index is 1.78. The minimum Gasteiger partial charge on any atom is -0.508 e. The molecule has 0 saturated heterocycles. The molecule has 4 rings (SSSR count). The molecule has 1 aromatic rings. The quantitative estimate of drug-likeness (QED) is 0.766. The molecule has 0 radical (unpaired) electrons. The average molecular weight is 321 g/mol. The molecule has 2 N–H and O–H groups in total. The van der Waals surface area contributed by atoms with Gasteiger partial charge in [0.15, 0.2) is 0 Å². The van der Waals surface area contributed by atoms with Gasteiger partial charge in [-0.05, 0) is 84.5 Å². The molecular formula is C19H25ClO2. The lowest BCUT2D eigenvalue weighted by molar-refractivity contribution is -0.0434. The molecule has 0 aromatic heterocycles. The van der Waals surface area contributed by atoms with E-state index < -0.39 is 0 Å². The fraction of sp³-hybridized carbons (Fsp3) is 0.684. The summed E-state index contributed by atoms with van der Waals surface area (Å²) in [7, 11) is 0. The van der Waals surface area contributed by atoms with Crippen molar-refractivity contribution in [3.8, 4) is 5.75 Å². The lowest BCUT2D eigenvalue weighted by Gasteiger charge is -2.53. The minimum absolute atomic E-state index is 0.0507. The van der Waals surface area contributed by atoms with Crippen LogP contribution in [0.4, 0.5) is 0 Å². The molecule has 0 unspecified atom stereocenters. The van der Waals surface area contributed by atoms with Crippen LogP contribution in [0.1, 0.15) is 49.7 Å². The van der Waals surface area contributed by atoms with Crippen molar-refractivity contribution >= 4 is 11.6 Å². The Bertz CT molecular complexity index is 587. The summed E-state index contributed by atoms with van der Waals surface area (Å²) in [5.74, 6) is 3.23. The summed E-state index contributed by atoms with van der Waals surface area (Å²) < 4.78 is 0. The van der Waals surface area contributed by atoms with Crippen LogP contribution in [-0.4, -0.2) is 22.2 Å². The maximum absolute atomic E-state index is 10.5. The fourth-order valence-corrected chi connectivity index (χ4v) is 6.30. The summed E-state index contributed by atoms with van der Waals surface area (Å²) in [6.07, 6.45) is 5.18. The number of aliphatic hydroxyl groups excluding tert-OH is 1. The van der Waals surface area contributed by atoms with Crippen LogP contribution < -0.4 is 0 Å². The van der Waals surface area contributed by atoms with Gasteiger partial charge in [0.1, 0.15) is 5.75 Å². The largest absolute Gasteiger partial charge is 0.508 e. The molecule has 3 heteroatoms. The summed E-state index contributed by atoms with van der Waals surface area (Å²) in [5.41, 5.74) is 2.76. The van der Waals surface area contributed by atoms with Crippen molar-refractivity contribution in [3.05, 3.63) is 29.3 Å². The molecule has 2 fully saturated rings. The van der Waals surface area contributed by atoms with E-state index in [0.717, 1.165) is 25.7 Å². The Morgan fingerprint density at radius 2 is 2.09 bits per heavy atom. The first-order chi connectivity index (χ1) is 10.5. The number of phenolic OH excluding ortho intramolecular Hbond substituents is 1. The molecular weight excluding hydrogens is 296 g/mol. The molecule has 0 amide bonds. The summed E-state index contributed by atoms with van der Waals surface area (Å²) in [6.45, 7) is 2.29. The number of aryl methyl sites for hydroxylation is 1. The third-order valence-corrected chi connectivity index (χ3v) is 7.37. The van der Waals surface area contributed by atoms with Crippen molar-refractivity contribution in [2.45, 2.75) is 51.0 Å². The highest BCUT2D eigenvalue weighted by molar-refractivity contribution is 6.18. The van der Waals surface area contributed by atoms with Gasteiger partial charge < -0.3 is 10.2 Å². The van der Waals surface area contributed by atoms with E-state index >= 15 is 0 Å². The van der Waals surface area contributed by atoms with Gasteiger partial charge >= 0.3 is 0 Å². The SMILES string of the molecule is C[C@]12C[C@H](CCl)[C@@H]3c4ccc(O)cc4CC[C@H]3[C@@H]1CC[C@@H]2O. The lowest BCUT2D eigenvalue weighted by Crippen LogP contribution is -2.48. The Kier molecular flexibility index (Phi) is 3.47. The van der Waals surface area contributed by atoms with E-state index in [1.54, 1.807) is 0 Å². The summed E-state index contributed by atoms with van der Waals surface area (Å²) in [4.78, 5) is 0. The Morgan fingerprint density at radius 3 is 2.86 bits per heavy atom. The van der Waals surface area contributed by atoms with Gasteiger partial charge in [0.05, 0.1) is 6.10 Å². The first-order valence-corrected chi connectivity index (χ1v) is 9.14. The molecule has 6 atom stereocenters. The second-order valence-corrected chi connectivity index (χ2v) is 8.24. The summed E-state index contributed by atoms with van der Waals surface area (Å²) >= 11 is 6.37. The van der Waals surface area contributed by atoms with E-state index in [1.807, 2.05) is 12.1 Å². The number of alkyl halides is 1. The van der Waals surface area contributed by atoms with Crippen molar-refractivity contribution in [2.75, 3.05) is 5.88 Å². The predicted molar refractivity (Wildman–Crippen MR) is 88.3 cm³/mol. The van der Waals surface area contributed by atoms with Crippen LogP contribution in [0.3, 0.4) is 0 Å². The van der Waals surface area contributed by atoms with Gasteiger partial charge in [0, 0.05) is 5.88 Å². The monoisotopic (exact) mass is 320 g/mol. The van der Waals surface area contributed by atoms with E-state index in [4.69, 9.17) is 11.6 Å². The van der Waals surface area contributed by atoms with Gasteiger partial charge in [-0.3, -0.25) is 0 Å². The van der Waals surface area contributed by atoms with Crippen molar-refractivity contribution in [3.63, 3.8) is 0 Å². The highest BCUT2D eigenvalue weighted by Gasteiger charge is 2.57. The van der Waals surface area contributed by atoms with Gasteiger partial charge in [-0.2, -0.15) is 0 Å². The molecule has 2 saturated carbocycles. The minimum atomic E-state index is -0.162. The second kappa shape index (κ2) is 5.14. The number of fused-ring (bicyclic) bond motifs is 5. The van der Waals surface area contributed by atoms with Crippen LogP contribution in [0.5, 0.6) is 5.75 Å². The fourth-order valence-electron chi connectivity index (χ4n) is 6.00. The van der Waals surface area contributed by atoms with Crippen molar-refractivity contribution in [2.24, 2.45) is 23.2 Å². The zero-order chi connectivity index (χ0) is 15.5. The van der Waals surface area contributed by atoms with Gasteiger partial charge in [-0.1, -0.05) is 13.0 Å². The average Bonchev–Trinajstić information content (AvgIpc) is 2.81. The van der Waals surface area contributed by atoms with Crippen LogP contribution in [0.25, 0.3) is 0 Å². The zero-order valence-corrected chi connectivity index (χ0v) is 13.9. The van der Waals surface area contributed by atoms with Crippen molar-refractivity contribution < 1.29 is 10.2 Å². The summed E-state index contributed by atoms with van der Waals surface area (Å²) in [6, 6.07) is 5.88. The topological polar surface area (TPSA) is 40.5 Å². The Morgan fingerprint density at radius 1 is 1.27 bits per heavy atom. The van der Waals surface area contributed by atoms with Crippen LogP contribution in [0.15, 0.2) is 18.2 Å². The highest BCUT2D eigenvalue weighted by atomic mass is 35.5. The van der Waals surface area contributed by atoms with E-state index in [2.05, 4.69) is 13.0 Å². The number of benzene rings is 1. The van der Waals surface area contributed by atoms with Gasteiger partial charge in [-0.25, -0.2) is 0 Å². The number of aromatic hydroxyl groups is 1. The number of halogens is 1. The van der Waals surface area contributed by atoms with Crippen LogP contribution in [0, 0.1) is 23.2 Å². The highest BCUT2D eigenvalue weighted by Crippen LogP contribution is 2.62. The number of rotatable bonds is 1. The maximum atomic E-state index is 10.5. The molecule has 3 aliphatic carbocycles. The predicted octanol–water partition coefficient (Wildman–Crippen LogP) is 4.07. The van der Waals surface area contributed by atoms with Gasteiger partial charge in [0.25, 0.3) is 0 Å². The van der Waals surface area contributed by atoms with Crippen molar-refractivity contribution in [1.82, 2.24) is 0 Å². The maximum Gasteiger partial charge on any atom is 0.115 e. The van der Waals surface area contributed by atoms with Crippen LogP contribution in [-0.2, 0) is 6.42 Å². The molecule has 1 aromatic carbocycles. The van der Waals surface area contributed by atoms with Crippen molar-refractivity contribution in [1.29, 1.82) is 0 Å². The molecule has 0 bridgehead atoms. The molecule has 120 valence electrons. The van der Waals surface area contributed by atoms with Crippen LogP contribution in [0.2, 0.25) is 0 Å². The number of hydrogen-bond acceptors (Lipinski definition) is 2. The molecule has 2 nitrogen and oxygen atoms in total. The smallest absolute Gasteiger partial charge is 0.115 e. The zero-order valence-electron chi connectivity index (χ0n) is 13.1.